The van der Waals surface area contributed by atoms with Gasteiger partial charge in [-0.05, 0) is 37.5 Å². The van der Waals surface area contributed by atoms with Crippen molar-refractivity contribution in [2.75, 3.05) is 20.3 Å². The average Bonchev–Trinajstić information content (AvgIpc) is 3.34. The minimum absolute atomic E-state index is 0.00817. The molecule has 1 amide bonds. The summed E-state index contributed by atoms with van der Waals surface area (Å²) in [5, 5.41) is 2.84. The zero-order valence-electron chi connectivity index (χ0n) is 12.9. The SMILES string of the molecule is CCOc1ccc(C2(C(=O)NC/C=C/C(=O)OC)CC2)cc1. The summed E-state index contributed by atoms with van der Waals surface area (Å²) in [6, 6.07) is 7.68. The van der Waals surface area contributed by atoms with Crippen LogP contribution in [0.3, 0.4) is 0 Å². The molecule has 0 aromatic heterocycles. The van der Waals surface area contributed by atoms with Gasteiger partial charge in [0.15, 0.2) is 0 Å². The molecule has 1 aliphatic rings. The highest BCUT2D eigenvalue weighted by Gasteiger charge is 2.50. The van der Waals surface area contributed by atoms with Crippen molar-refractivity contribution in [3.63, 3.8) is 0 Å². The van der Waals surface area contributed by atoms with E-state index in [0.717, 1.165) is 24.2 Å². The van der Waals surface area contributed by atoms with Gasteiger partial charge >= 0.3 is 5.97 Å². The van der Waals surface area contributed by atoms with Crippen LogP contribution in [0, 0.1) is 0 Å². The van der Waals surface area contributed by atoms with Crippen LogP contribution >= 0.6 is 0 Å². The lowest BCUT2D eigenvalue weighted by Crippen LogP contribution is -2.34. The zero-order valence-corrected chi connectivity index (χ0v) is 12.9. The second-order valence-corrected chi connectivity index (χ2v) is 5.18. The molecule has 0 heterocycles. The summed E-state index contributed by atoms with van der Waals surface area (Å²) in [6.07, 6.45) is 4.57. The Hall–Kier alpha value is -2.30. The van der Waals surface area contributed by atoms with Crippen LogP contribution in [-0.4, -0.2) is 32.1 Å². The van der Waals surface area contributed by atoms with Gasteiger partial charge in [0, 0.05) is 12.6 Å². The summed E-state index contributed by atoms with van der Waals surface area (Å²) < 4.78 is 9.90. The van der Waals surface area contributed by atoms with Crippen LogP contribution in [-0.2, 0) is 19.7 Å². The van der Waals surface area contributed by atoms with Crippen molar-refractivity contribution < 1.29 is 19.1 Å². The Labute approximate surface area is 130 Å². The summed E-state index contributed by atoms with van der Waals surface area (Å²) in [5.41, 5.74) is 0.578. The van der Waals surface area contributed by atoms with Crippen LogP contribution in [0.1, 0.15) is 25.3 Å². The number of esters is 1. The predicted octanol–water partition coefficient (Wildman–Crippen LogP) is 1.96. The third kappa shape index (κ3) is 3.67. The fourth-order valence-electron chi connectivity index (χ4n) is 2.35. The van der Waals surface area contributed by atoms with Gasteiger partial charge in [0.25, 0.3) is 0 Å². The fraction of sp³-hybridized carbons (Fsp3) is 0.412. The maximum absolute atomic E-state index is 12.4. The largest absolute Gasteiger partial charge is 0.494 e. The highest BCUT2D eigenvalue weighted by Crippen LogP contribution is 2.48. The van der Waals surface area contributed by atoms with Gasteiger partial charge < -0.3 is 14.8 Å². The number of hydrogen-bond donors (Lipinski definition) is 1. The number of benzene rings is 1. The molecule has 2 rings (SSSR count). The van der Waals surface area contributed by atoms with Gasteiger partial charge in [-0.3, -0.25) is 4.79 Å². The summed E-state index contributed by atoms with van der Waals surface area (Å²) in [7, 11) is 1.32. The first kappa shape index (κ1) is 16.1. The molecule has 5 nitrogen and oxygen atoms in total. The Balaban J connectivity index is 1.94. The van der Waals surface area contributed by atoms with E-state index in [-0.39, 0.29) is 5.91 Å². The van der Waals surface area contributed by atoms with E-state index in [1.165, 1.54) is 13.2 Å². The number of nitrogens with one attached hydrogen (secondary N) is 1. The maximum atomic E-state index is 12.4. The highest BCUT2D eigenvalue weighted by atomic mass is 16.5. The smallest absolute Gasteiger partial charge is 0.330 e. The minimum Gasteiger partial charge on any atom is -0.494 e. The second kappa shape index (κ2) is 7.11. The number of hydrogen-bond acceptors (Lipinski definition) is 4. The monoisotopic (exact) mass is 303 g/mol. The third-order valence-corrected chi connectivity index (χ3v) is 3.74. The highest BCUT2D eigenvalue weighted by molar-refractivity contribution is 5.91. The Bertz CT molecular complexity index is 559. The van der Waals surface area contributed by atoms with Crippen molar-refractivity contribution in [2.45, 2.75) is 25.2 Å². The molecule has 0 unspecified atom stereocenters. The first-order valence-electron chi connectivity index (χ1n) is 7.38. The lowest BCUT2D eigenvalue weighted by atomic mass is 9.95. The van der Waals surface area contributed by atoms with E-state index in [4.69, 9.17) is 4.74 Å². The molecule has 0 atom stereocenters. The maximum Gasteiger partial charge on any atom is 0.330 e. The van der Waals surface area contributed by atoms with Gasteiger partial charge in [-0.1, -0.05) is 18.2 Å². The van der Waals surface area contributed by atoms with Gasteiger partial charge in [0.05, 0.1) is 19.1 Å². The second-order valence-electron chi connectivity index (χ2n) is 5.18. The zero-order chi connectivity index (χ0) is 16.0. The van der Waals surface area contributed by atoms with E-state index >= 15 is 0 Å². The molecule has 1 aliphatic carbocycles. The first-order chi connectivity index (χ1) is 10.6. The third-order valence-electron chi connectivity index (χ3n) is 3.74. The molecule has 5 heteroatoms. The van der Waals surface area contributed by atoms with Crippen LogP contribution in [0.4, 0.5) is 0 Å². The van der Waals surface area contributed by atoms with Crippen molar-refractivity contribution in [1.29, 1.82) is 0 Å². The van der Waals surface area contributed by atoms with Crippen LogP contribution in [0.25, 0.3) is 0 Å². The van der Waals surface area contributed by atoms with Crippen LogP contribution < -0.4 is 10.1 Å². The number of amides is 1. The molecule has 1 saturated carbocycles. The van der Waals surface area contributed by atoms with E-state index in [1.54, 1.807) is 6.08 Å². The molecule has 1 aromatic rings. The van der Waals surface area contributed by atoms with E-state index < -0.39 is 11.4 Å². The molecule has 1 fully saturated rings. The number of carbonyl (C=O) groups is 2. The number of ether oxygens (including phenoxy) is 2. The summed E-state index contributed by atoms with van der Waals surface area (Å²) in [6.45, 7) is 2.87. The quantitative estimate of drug-likeness (QED) is 0.618. The lowest BCUT2D eigenvalue weighted by Gasteiger charge is -2.15. The molecule has 0 spiro atoms. The Kier molecular flexibility index (Phi) is 5.20. The van der Waals surface area contributed by atoms with E-state index in [2.05, 4.69) is 10.1 Å². The minimum atomic E-state index is -0.429. The van der Waals surface area contributed by atoms with Crippen molar-refractivity contribution in [1.82, 2.24) is 5.32 Å². The Morgan fingerprint density at radius 2 is 1.95 bits per heavy atom. The number of carbonyl (C=O) groups excluding carboxylic acids is 2. The summed E-state index contributed by atoms with van der Waals surface area (Å²) >= 11 is 0. The van der Waals surface area contributed by atoms with Gasteiger partial charge in [0.2, 0.25) is 5.91 Å². The Morgan fingerprint density at radius 1 is 1.27 bits per heavy atom. The summed E-state index contributed by atoms with van der Waals surface area (Å²) in [4.78, 5) is 23.3. The molecule has 1 N–H and O–H groups in total. The van der Waals surface area contributed by atoms with Gasteiger partial charge in [-0.15, -0.1) is 0 Å². The first-order valence-corrected chi connectivity index (χ1v) is 7.38. The average molecular weight is 303 g/mol. The van der Waals surface area contributed by atoms with E-state index in [1.807, 2.05) is 31.2 Å². The fourth-order valence-corrected chi connectivity index (χ4v) is 2.35. The predicted molar refractivity (Wildman–Crippen MR) is 82.7 cm³/mol. The Morgan fingerprint density at radius 3 is 2.50 bits per heavy atom. The molecule has 22 heavy (non-hydrogen) atoms. The number of rotatable bonds is 7. The van der Waals surface area contributed by atoms with Gasteiger partial charge in [-0.2, -0.15) is 0 Å². The number of methoxy groups -OCH3 is 1. The molecule has 0 aliphatic heterocycles. The van der Waals surface area contributed by atoms with Crippen molar-refractivity contribution in [2.24, 2.45) is 0 Å². The molecule has 0 radical (unpaired) electrons. The summed E-state index contributed by atoms with van der Waals surface area (Å²) in [5.74, 6) is 0.372. The topological polar surface area (TPSA) is 64.6 Å². The van der Waals surface area contributed by atoms with Crippen LogP contribution in [0.5, 0.6) is 5.75 Å². The standard InChI is InChI=1S/C17H21NO4/c1-3-22-14-8-6-13(7-9-14)17(10-11-17)16(20)18-12-4-5-15(19)21-2/h4-9H,3,10-12H2,1-2H3,(H,18,20)/b5-4+. The van der Waals surface area contributed by atoms with Gasteiger partial charge in [-0.25, -0.2) is 4.79 Å². The molecule has 118 valence electrons. The molecule has 1 aromatic carbocycles. The lowest BCUT2D eigenvalue weighted by molar-refractivity contribution is -0.134. The van der Waals surface area contributed by atoms with E-state index in [0.29, 0.717) is 13.2 Å². The molecular formula is C17H21NO4. The van der Waals surface area contributed by atoms with Crippen molar-refractivity contribution in [3.05, 3.63) is 42.0 Å². The molecular weight excluding hydrogens is 282 g/mol. The van der Waals surface area contributed by atoms with Crippen LogP contribution in [0.2, 0.25) is 0 Å². The normalized spacial score (nSPS) is 15.4. The molecule has 0 saturated heterocycles. The molecule has 0 bridgehead atoms. The van der Waals surface area contributed by atoms with Gasteiger partial charge in [0.1, 0.15) is 5.75 Å². The van der Waals surface area contributed by atoms with Crippen LogP contribution in [0.15, 0.2) is 36.4 Å². The van der Waals surface area contributed by atoms with Crippen molar-refractivity contribution in [3.8, 4) is 5.75 Å². The van der Waals surface area contributed by atoms with Crippen molar-refractivity contribution >= 4 is 11.9 Å². The van der Waals surface area contributed by atoms with E-state index in [9.17, 15) is 9.59 Å².